The highest BCUT2D eigenvalue weighted by Gasteiger charge is 2.57. The Balaban J connectivity index is 1.61. The molecule has 188 valence electrons. The zero-order valence-corrected chi connectivity index (χ0v) is 21.2. The molecule has 2 unspecified atom stereocenters. The van der Waals surface area contributed by atoms with Crippen molar-refractivity contribution in [2.75, 3.05) is 31.9 Å². The largest absolute Gasteiger partial charge is 0.427 e. The number of β-lactam (4-membered cyclic amide) rings is 1. The van der Waals surface area contributed by atoms with Crippen molar-refractivity contribution in [3.8, 4) is 12.3 Å². The van der Waals surface area contributed by atoms with Gasteiger partial charge in [0.25, 0.3) is 5.91 Å². The van der Waals surface area contributed by atoms with Crippen molar-refractivity contribution in [1.82, 2.24) is 15.2 Å². The number of ether oxygens (including phenoxy) is 2. The van der Waals surface area contributed by atoms with Crippen molar-refractivity contribution in [3.63, 3.8) is 0 Å². The molecule has 0 spiro atoms. The van der Waals surface area contributed by atoms with Gasteiger partial charge in [-0.15, -0.1) is 29.5 Å². The smallest absolute Gasteiger partial charge is 0.329 e. The van der Waals surface area contributed by atoms with Gasteiger partial charge in [-0.3, -0.25) is 19.2 Å². The predicted molar refractivity (Wildman–Crippen MR) is 128 cm³/mol. The molecule has 3 N–H and O–H groups in total. The molecule has 3 atom stereocenters. The van der Waals surface area contributed by atoms with Crippen LogP contribution in [-0.2, 0) is 33.5 Å². The number of nitrogens with two attached hydrogens (primary N) is 1. The van der Waals surface area contributed by atoms with Gasteiger partial charge in [-0.1, -0.05) is 11.1 Å². The quantitative estimate of drug-likeness (QED) is 0.126. The highest BCUT2D eigenvalue weighted by Crippen LogP contribution is 2.42. The van der Waals surface area contributed by atoms with Crippen LogP contribution in [0.15, 0.2) is 10.5 Å². The Kier molecular flexibility index (Phi) is 7.61. The zero-order valence-electron chi connectivity index (χ0n) is 19.5. The Morgan fingerprint density at radius 3 is 2.69 bits per heavy atom. The van der Waals surface area contributed by atoms with Gasteiger partial charge in [-0.2, -0.15) is 0 Å². The van der Waals surface area contributed by atoms with Gasteiger partial charge < -0.3 is 30.3 Å². The van der Waals surface area contributed by atoms with Crippen LogP contribution in [0.3, 0.4) is 0 Å². The highest BCUT2D eigenvalue weighted by molar-refractivity contribution is 8.00. The first kappa shape index (κ1) is 26.3. The van der Waals surface area contributed by atoms with Crippen LogP contribution in [-0.4, -0.2) is 77.0 Å². The van der Waals surface area contributed by atoms with E-state index in [1.54, 1.807) is 26.2 Å². The van der Waals surface area contributed by atoms with Gasteiger partial charge in [-0.05, 0) is 20.8 Å². The van der Waals surface area contributed by atoms with E-state index in [-0.39, 0.29) is 28.8 Å². The van der Waals surface area contributed by atoms with Gasteiger partial charge in [0.05, 0.1) is 12.0 Å². The molecule has 0 bridgehead atoms. The van der Waals surface area contributed by atoms with E-state index >= 15 is 0 Å². The third kappa shape index (κ3) is 5.35. The topological polar surface area (TPSA) is 163 Å². The van der Waals surface area contributed by atoms with E-state index in [1.807, 2.05) is 0 Å². The van der Waals surface area contributed by atoms with Gasteiger partial charge in [0.1, 0.15) is 24.2 Å². The lowest BCUT2D eigenvalue weighted by Crippen LogP contribution is -2.74. The third-order valence-corrected chi connectivity index (χ3v) is 7.39. The minimum Gasteiger partial charge on any atom is -0.427 e. The van der Waals surface area contributed by atoms with Crippen LogP contribution in [0.1, 0.15) is 26.5 Å². The number of anilines is 1. The number of amides is 2. The summed E-state index contributed by atoms with van der Waals surface area (Å²) >= 11 is 2.36. The summed E-state index contributed by atoms with van der Waals surface area (Å²) in [7, 11) is 1.28. The first-order valence-electron chi connectivity index (χ1n) is 10.3. The normalized spacial score (nSPS) is 23.9. The summed E-state index contributed by atoms with van der Waals surface area (Å²) in [5, 5.41) is 7.68. The molecule has 3 heterocycles. The van der Waals surface area contributed by atoms with E-state index in [0.717, 1.165) is 11.3 Å². The average molecular weight is 524 g/mol. The lowest BCUT2D eigenvalue weighted by molar-refractivity contribution is -0.178. The van der Waals surface area contributed by atoms with Gasteiger partial charge in [0.2, 0.25) is 12.7 Å². The molecule has 0 saturated carbocycles. The summed E-state index contributed by atoms with van der Waals surface area (Å²) in [6.45, 7) is 4.32. The SMILES string of the molecule is C#CC1(C(=O)OCOC(=O)C(C)(C)C)CS[C@@H]2C(NC(=O)C(=NOC)c3csc(N)n3)C(=O)N2C1. The van der Waals surface area contributed by atoms with Gasteiger partial charge >= 0.3 is 11.9 Å². The van der Waals surface area contributed by atoms with Gasteiger partial charge in [-0.25, -0.2) is 4.98 Å². The van der Waals surface area contributed by atoms with E-state index in [2.05, 4.69) is 21.4 Å². The Bertz CT molecular complexity index is 1110. The molecule has 0 radical (unpaired) electrons. The number of carbonyl (C=O) groups is 4. The van der Waals surface area contributed by atoms with E-state index in [0.29, 0.717) is 0 Å². The number of thioether (sulfide) groups is 1. The fourth-order valence-corrected chi connectivity index (χ4v) is 5.27. The summed E-state index contributed by atoms with van der Waals surface area (Å²) in [6.07, 6.45) is 5.65. The van der Waals surface area contributed by atoms with Crippen LogP contribution >= 0.6 is 23.1 Å². The molecule has 2 saturated heterocycles. The number of terminal acetylenes is 1. The maximum atomic E-state index is 12.8. The summed E-state index contributed by atoms with van der Waals surface area (Å²) in [5.74, 6) is 0.178. The van der Waals surface area contributed by atoms with Crippen LogP contribution in [0.5, 0.6) is 0 Å². The summed E-state index contributed by atoms with van der Waals surface area (Å²) < 4.78 is 10.1. The van der Waals surface area contributed by atoms with Gasteiger partial charge in [0, 0.05) is 11.1 Å². The molecule has 1 aromatic heterocycles. The van der Waals surface area contributed by atoms with Crippen molar-refractivity contribution >= 4 is 57.7 Å². The molecule has 2 aliphatic rings. The molecule has 35 heavy (non-hydrogen) atoms. The van der Waals surface area contributed by atoms with E-state index in [4.69, 9.17) is 26.5 Å². The molecule has 2 fully saturated rings. The standard InChI is InChI=1S/C21H25N5O7S2/c1-6-21(18(30)33-10-32-17(29)20(2,3)4)8-26-15(28)13(16(26)35-9-21)24-14(27)12(25-31-5)11-7-34-19(22)23-11/h1,7,13,16H,8-10H2,2-5H3,(H2,22,23)(H,24,27)/t13?,16-,21?/m1/s1. The van der Waals surface area contributed by atoms with Crippen LogP contribution < -0.4 is 11.1 Å². The maximum Gasteiger partial charge on any atom is 0.329 e. The molecular weight excluding hydrogens is 498 g/mol. The van der Waals surface area contributed by atoms with Gasteiger partial charge in [0.15, 0.2) is 16.3 Å². The average Bonchev–Trinajstić information content (AvgIpc) is 3.25. The predicted octanol–water partition coefficient (Wildman–Crippen LogP) is 0.185. The maximum absolute atomic E-state index is 12.8. The third-order valence-electron chi connectivity index (χ3n) is 5.19. The van der Waals surface area contributed by atoms with Crippen LogP contribution in [0.2, 0.25) is 0 Å². The van der Waals surface area contributed by atoms with Crippen molar-refractivity contribution in [1.29, 1.82) is 0 Å². The molecule has 2 amide bonds. The number of carbonyl (C=O) groups excluding carboxylic acids is 4. The van der Waals surface area contributed by atoms with E-state index < -0.39 is 52.8 Å². The fraction of sp³-hybridized carbons (Fsp3) is 0.524. The second kappa shape index (κ2) is 10.1. The van der Waals surface area contributed by atoms with E-state index in [9.17, 15) is 19.2 Å². The number of fused-ring (bicyclic) bond motifs is 1. The second-order valence-corrected chi connectivity index (χ2v) is 10.8. The monoisotopic (exact) mass is 523 g/mol. The first-order chi connectivity index (χ1) is 16.4. The number of rotatable bonds is 7. The molecular formula is C21H25N5O7S2. The fourth-order valence-electron chi connectivity index (χ4n) is 3.24. The summed E-state index contributed by atoms with van der Waals surface area (Å²) in [5.41, 5.74) is 3.54. The number of thiazole rings is 1. The molecule has 14 heteroatoms. The van der Waals surface area contributed by atoms with Crippen molar-refractivity contribution in [2.45, 2.75) is 32.2 Å². The molecule has 0 aromatic carbocycles. The molecule has 2 aliphatic heterocycles. The van der Waals surface area contributed by atoms with Crippen molar-refractivity contribution in [2.24, 2.45) is 16.0 Å². The number of nitrogens with one attached hydrogen (secondary N) is 1. The first-order valence-corrected chi connectivity index (χ1v) is 12.2. The minimum absolute atomic E-state index is 0.0972. The summed E-state index contributed by atoms with van der Waals surface area (Å²) in [6, 6.07) is -0.856. The number of aromatic nitrogens is 1. The molecule has 1 aromatic rings. The number of hydrogen-bond donors (Lipinski definition) is 2. The molecule has 12 nitrogen and oxygen atoms in total. The van der Waals surface area contributed by atoms with Crippen LogP contribution in [0.4, 0.5) is 5.13 Å². The Morgan fingerprint density at radius 1 is 1.40 bits per heavy atom. The Hall–Kier alpha value is -3.31. The summed E-state index contributed by atoms with van der Waals surface area (Å²) in [4.78, 5) is 60.3. The highest BCUT2D eigenvalue weighted by atomic mass is 32.2. The minimum atomic E-state index is -1.42. The Labute approximate surface area is 209 Å². The molecule has 3 rings (SSSR count). The number of oxime groups is 1. The van der Waals surface area contributed by atoms with E-state index in [1.165, 1.54) is 23.8 Å². The lowest BCUT2D eigenvalue weighted by Gasteiger charge is -2.52. The molecule has 0 aliphatic carbocycles. The zero-order chi connectivity index (χ0) is 26.0. The number of hydrogen-bond acceptors (Lipinski definition) is 12. The van der Waals surface area contributed by atoms with Crippen LogP contribution in [0, 0.1) is 23.2 Å². The van der Waals surface area contributed by atoms with Crippen molar-refractivity contribution < 1.29 is 33.5 Å². The number of nitrogens with zero attached hydrogens (tertiary/aromatic N) is 3. The Morgan fingerprint density at radius 2 is 2.11 bits per heavy atom. The lowest BCUT2D eigenvalue weighted by atomic mass is 9.88. The van der Waals surface area contributed by atoms with Crippen LogP contribution in [0.25, 0.3) is 0 Å². The number of nitrogen functional groups attached to an aromatic ring is 1. The second-order valence-electron chi connectivity index (χ2n) is 8.77. The van der Waals surface area contributed by atoms with Crippen molar-refractivity contribution in [3.05, 3.63) is 11.1 Å². The number of esters is 2.